The van der Waals surface area contributed by atoms with Gasteiger partial charge in [-0.05, 0) is 24.6 Å². The van der Waals surface area contributed by atoms with Gasteiger partial charge in [0, 0.05) is 5.56 Å². The Labute approximate surface area is 98.9 Å². The Hall–Kier alpha value is -2.06. The largest absolute Gasteiger partial charge is 0.506 e. The molecule has 0 bridgehead atoms. The number of ether oxygens (including phenoxy) is 1. The molecule has 0 spiro atoms. The number of hydrogen-bond donors (Lipinski definition) is 2. The van der Waals surface area contributed by atoms with Crippen molar-refractivity contribution in [1.29, 1.82) is 5.26 Å². The monoisotopic (exact) mass is 235 g/mol. The van der Waals surface area contributed by atoms with E-state index in [1.807, 2.05) is 0 Å². The number of phenols is 1. The van der Waals surface area contributed by atoms with Gasteiger partial charge in [-0.15, -0.1) is 0 Å². The van der Waals surface area contributed by atoms with Crippen molar-refractivity contribution in [3.05, 3.63) is 28.8 Å². The number of esters is 1. The summed E-state index contributed by atoms with van der Waals surface area (Å²) < 4.78 is 4.75. The summed E-state index contributed by atoms with van der Waals surface area (Å²) in [6, 6.07) is 4.66. The number of aliphatic hydroxyl groups excluding tert-OH is 1. The number of carbonyl (C=O) groups is 1. The summed E-state index contributed by atoms with van der Waals surface area (Å²) in [4.78, 5) is 11.3. The lowest BCUT2D eigenvalue weighted by Crippen LogP contribution is -2.08. The summed E-state index contributed by atoms with van der Waals surface area (Å²) in [5.74, 6) is -0.723. The van der Waals surface area contributed by atoms with Crippen LogP contribution in [0.15, 0.2) is 12.1 Å². The molecule has 0 aromatic heterocycles. The molecule has 1 rings (SSSR count). The van der Waals surface area contributed by atoms with E-state index in [9.17, 15) is 9.90 Å². The maximum absolute atomic E-state index is 11.3. The second-order valence-electron chi connectivity index (χ2n) is 3.40. The zero-order valence-electron chi connectivity index (χ0n) is 9.43. The molecule has 0 saturated carbocycles. The molecule has 90 valence electrons. The third-order valence-corrected chi connectivity index (χ3v) is 2.19. The Morgan fingerprint density at radius 2 is 2.24 bits per heavy atom. The lowest BCUT2D eigenvalue weighted by Gasteiger charge is -2.08. The molecule has 0 atom stereocenters. The van der Waals surface area contributed by atoms with Crippen LogP contribution in [0.25, 0.3) is 0 Å². The van der Waals surface area contributed by atoms with Crippen LogP contribution in [0.2, 0.25) is 0 Å². The predicted molar refractivity (Wildman–Crippen MR) is 59.1 cm³/mol. The van der Waals surface area contributed by atoms with Gasteiger partial charge in [-0.1, -0.05) is 0 Å². The Balaban J connectivity index is 3.06. The Kier molecular flexibility index (Phi) is 4.49. The second-order valence-corrected chi connectivity index (χ2v) is 3.40. The van der Waals surface area contributed by atoms with Gasteiger partial charge >= 0.3 is 5.97 Å². The Morgan fingerprint density at radius 1 is 1.53 bits per heavy atom. The van der Waals surface area contributed by atoms with Crippen LogP contribution in [0.1, 0.15) is 23.6 Å². The quantitative estimate of drug-likeness (QED) is 0.755. The molecule has 5 nitrogen and oxygen atoms in total. The fourth-order valence-corrected chi connectivity index (χ4v) is 1.44. The molecule has 1 aromatic rings. The average molecular weight is 235 g/mol. The third kappa shape index (κ3) is 3.20. The molecule has 0 aliphatic heterocycles. The van der Waals surface area contributed by atoms with E-state index < -0.39 is 5.97 Å². The molecule has 1 aromatic carbocycles. The van der Waals surface area contributed by atoms with Crippen molar-refractivity contribution >= 4 is 5.97 Å². The number of benzene rings is 1. The first-order valence-electron chi connectivity index (χ1n) is 5.13. The maximum Gasteiger partial charge on any atom is 0.310 e. The molecule has 0 radical (unpaired) electrons. The first kappa shape index (κ1) is 13.0. The highest BCUT2D eigenvalue weighted by Gasteiger charge is 2.13. The lowest BCUT2D eigenvalue weighted by molar-refractivity contribution is -0.142. The third-order valence-electron chi connectivity index (χ3n) is 2.19. The number of rotatable bonds is 4. The van der Waals surface area contributed by atoms with Gasteiger partial charge in [0.25, 0.3) is 0 Å². The maximum atomic E-state index is 11.3. The standard InChI is InChI=1S/C12H13NO4/c1-2-17-11(15)5-9-3-8(7-14)4-10(6-13)12(9)16/h3-4,14,16H,2,5,7H2,1H3. The minimum absolute atomic E-state index is 0.0378. The highest BCUT2D eigenvalue weighted by Crippen LogP contribution is 2.25. The number of hydrogen-bond acceptors (Lipinski definition) is 5. The highest BCUT2D eigenvalue weighted by atomic mass is 16.5. The van der Waals surface area contributed by atoms with Crippen LogP contribution in [-0.4, -0.2) is 22.8 Å². The van der Waals surface area contributed by atoms with Crippen LogP contribution in [0, 0.1) is 11.3 Å². The van der Waals surface area contributed by atoms with Gasteiger partial charge in [-0.2, -0.15) is 5.26 Å². The Morgan fingerprint density at radius 3 is 2.76 bits per heavy atom. The smallest absolute Gasteiger partial charge is 0.310 e. The van der Waals surface area contributed by atoms with Gasteiger partial charge in [-0.3, -0.25) is 4.79 Å². The van der Waals surface area contributed by atoms with E-state index in [2.05, 4.69) is 0 Å². The number of nitriles is 1. The van der Waals surface area contributed by atoms with Gasteiger partial charge in [0.05, 0.1) is 25.2 Å². The molecular formula is C12H13NO4. The van der Waals surface area contributed by atoms with E-state index in [4.69, 9.17) is 15.1 Å². The number of aromatic hydroxyl groups is 1. The van der Waals surface area contributed by atoms with Crippen molar-refractivity contribution in [3.63, 3.8) is 0 Å². The van der Waals surface area contributed by atoms with Gasteiger partial charge in [0.2, 0.25) is 0 Å². The summed E-state index contributed by atoms with van der Waals surface area (Å²) in [6.45, 7) is 1.68. The zero-order chi connectivity index (χ0) is 12.8. The topological polar surface area (TPSA) is 90.5 Å². The molecule has 0 saturated heterocycles. The van der Waals surface area contributed by atoms with Crippen LogP contribution < -0.4 is 0 Å². The highest BCUT2D eigenvalue weighted by molar-refractivity contribution is 5.74. The minimum atomic E-state index is -0.484. The van der Waals surface area contributed by atoms with Crippen LogP contribution >= 0.6 is 0 Å². The normalized spacial score (nSPS) is 9.71. The van der Waals surface area contributed by atoms with Gasteiger partial charge in [-0.25, -0.2) is 0 Å². The summed E-state index contributed by atoms with van der Waals surface area (Å²) in [5.41, 5.74) is 0.793. The van der Waals surface area contributed by atoms with E-state index in [0.29, 0.717) is 5.56 Å². The second kappa shape index (κ2) is 5.87. The van der Waals surface area contributed by atoms with Crippen molar-refractivity contribution in [3.8, 4) is 11.8 Å². The molecule has 0 fully saturated rings. The molecule has 0 heterocycles. The van der Waals surface area contributed by atoms with E-state index in [0.717, 1.165) is 0 Å². The van der Waals surface area contributed by atoms with Crippen molar-refractivity contribution in [2.75, 3.05) is 6.61 Å². The average Bonchev–Trinajstić information content (AvgIpc) is 2.32. The van der Waals surface area contributed by atoms with E-state index in [1.54, 1.807) is 13.0 Å². The number of carbonyl (C=O) groups excluding carboxylic acids is 1. The van der Waals surface area contributed by atoms with Crippen molar-refractivity contribution < 1.29 is 19.7 Å². The molecule has 0 amide bonds. The predicted octanol–water partition coefficient (Wildman–Crippen LogP) is 0.862. The SMILES string of the molecule is CCOC(=O)Cc1cc(CO)cc(C#N)c1O. The molecule has 0 unspecified atom stereocenters. The summed E-state index contributed by atoms with van der Waals surface area (Å²) >= 11 is 0. The Bertz CT molecular complexity index is 462. The molecule has 0 aliphatic rings. The minimum Gasteiger partial charge on any atom is -0.506 e. The molecule has 5 heteroatoms. The first-order chi connectivity index (χ1) is 8.12. The number of nitrogens with zero attached hydrogens (tertiary/aromatic N) is 1. The van der Waals surface area contributed by atoms with E-state index >= 15 is 0 Å². The summed E-state index contributed by atoms with van der Waals surface area (Å²) in [6.07, 6.45) is -0.123. The van der Waals surface area contributed by atoms with Crippen molar-refractivity contribution in [1.82, 2.24) is 0 Å². The fraction of sp³-hybridized carbons (Fsp3) is 0.333. The van der Waals surface area contributed by atoms with Crippen LogP contribution in [-0.2, 0) is 22.6 Å². The van der Waals surface area contributed by atoms with Crippen LogP contribution in [0.4, 0.5) is 0 Å². The summed E-state index contributed by atoms with van der Waals surface area (Å²) in [5, 5.41) is 27.5. The lowest BCUT2D eigenvalue weighted by atomic mass is 10.0. The van der Waals surface area contributed by atoms with Crippen molar-refractivity contribution in [2.45, 2.75) is 20.0 Å². The molecular weight excluding hydrogens is 222 g/mol. The number of aliphatic hydroxyl groups is 1. The number of phenolic OH excluding ortho intramolecular Hbond substituents is 1. The van der Waals surface area contributed by atoms with Crippen LogP contribution in [0.3, 0.4) is 0 Å². The zero-order valence-corrected chi connectivity index (χ0v) is 9.43. The van der Waals surface area contributed by atoms with E-state index in [-0.39, 0.29) is 36.5 Å². The van der Waals surface area contributed by atoms with Gasteiger partial charge < -0.3 is 14.9 Å². The molecule has 2 N–H and O–H groups in total. The van der Waals surface area contributed by atoms with Crippen LogP contribution in [0.5, 0.6) is 5.75 Å². The molecule has 17 heavy (non-hydrogen) atoms. The first-order valence-corrected chi connectivity index (χ1v) is 5.13. The van der Waals surface area contributed by atoms with Gasteiger partial charge in [0.1, 0.15) is 11.8 Å². The van der Waals surface area contributed by atoms with Crippen molar-refractivity contribution in [2.24, 2.45) is 0 Å². The molecule has 0 aliphatic carbocycles. The summed E-state index contributed by atoms with van der Waals surface area (Å²) in [7, 11) is 0. The van der Waals surface area contributed by atoms with Gasteiger partial charge in [0.15, 0.2) is 0 Å². The fourth-order valence-electron chi connectivity index (χ4n) is 1.44. The van der Waals surface area contributed by atoms with E-state index in [1.165, 1.54) is 12.1 Å².